The number of hydrogen-bond acceptors (Lipinski definition) is 3. The average Bonchev–Trinajstić information content (AvgIpc) is 2.34. The maximum absolute atomic E-state index is 10.4. The second-order valence-electron chi connectivity index (χ2n) is 2.52. The van der Waals surface area contributed by atoms with E-state index in [0.29, 0.717) is 12.5 Å². The summed E-state index contributed by atoms with van der Waals surface area (Å²) in [6, 6.07) is -0.0777. The Morgan fingerprint density at radius 2 is 2.40 bits per heavy atom. The van der Waals surface area contributed by atoms with Crippen molar-refractivity contribution in [2.45, 2.75) is 31.8 Å². The molecule has 1 saturated heterocycles. The van der Waals surface area contributed by atoms with Gasteiger partial charge < -0.3 is 5.11 Å². The molecule has 10 heavy (non-hydrogen) atoms. The molecule has 0 amide bonds. The van der Waals surface area contributed by atoms with Crippen LogP contribution in [-0.4, -0.2) is 23.2 Å². The smallest absolute Gasteiger partial charge is 0.322 e. The summed E-state index contributed by atoms with van der Waals surface area (Å²) in [7, 11) is 0. The molecule has 0 radical (unpaired) electrons. The number of hydrogen-bond donors (Lipinski definition) is 3. The Labute approximate surface area is 59.6 Å². The van der Waals surface area contributed by atoms with Crippen molar-refractivity contribution >= 4 is 5.97 Å². The largest absolute Gasteiger partial charge is 0.480 e. The highest BCUT2D eigenvalue weighted by atomic mass is 16.4. The zero-order valence-electron chi connectivity index (χ0n) is 5.92. The molecule has 4 nitrogen and oxygen atoms in total. The third-order valence-electron chi connectivity index (χ3n) is 1.77. The van der Waals surface area contributed by atoms with Crippen molar-refractivity contribution in [1.82, 2.24) is 10.9 Å². The maximum Gasteiger partial charge on any atom is 0.322 e. The monoisotopic (exact) mass is 144 g/mol. The fourth-order valence-electron chi connectivity index (χ4n) is 1.05. The van der Waals surface area contributed by atoms with Crippen LogP contribution in [0.4, 0.5) is 0 Å². The lowest BCUT2D eigenvalue weighted by Crippen LogP contribution is -2.37. The molecule has 4 heteroatoms. The van der Waals surface area contributed by atoms with E-state index < -0.39 is 12.0 Å². The van der Waals surface area contributed by atoms with E-state index in [-0.39, 0.29) is 0 Å². The van der Waals surface area contributed by atoms with Crippen LogP contribution in [0.15, 0.2) is 0 Å². The van der Waals surface area contributed by atoms with Crippen LogP contribution in [0.2, 0.25) is 0 Å². The Kier molecular flexibility index (Phi) is 2.24. The molecule has 0 aromatic heterocycles. The molecule has 3 N–H and O–H groups in total. The van der Waals surface area contributed by atoms with Gasteiger partial charge in [0.2, 0.25) is 0 Å². The number of rotatable bonds is 2. The maximum atomic E-state index is 10.4. The summed E-state index contributed by atoms with van der Waals surface area (Å²) in [5.41, 5.74) is 5.61. The summed E-state index contributed by atoms with van der Waals surface area (Å²) >= 11 is 0. The van der Waals surface area contributed by atoms with E-state index in [1.54, 1.807) is 0 Å². The van der Waals surface area contributed by atoms with E-state index >= 15 is 0 Å². The van der Waals surface area contributed by atoms with Gasteiger partial charge in [-0.3, -0.25) is 10.2 Å². The zero-order chi connectivity index (χ0) is 7.56. The van der Waals surface area contributed by atoms with E-state index in [4.69, 9.17) is 5.11 Å². The van der Waals surface area contributed by atoms with Crippen LogP contribution >= 0.6 is 0 Å². The average molecular weight is 144 g/mol. The molecule has 2 atom stereocenters. The predicted octanol–water partition coefficient (Wildman–Crippen LogP) is -0.284. The quantitative estimate of drug-likeness (QED) is 0.498. The first-order chi connectivity index (χ1) is 4.74. The standard InChI is InChI=1S/C6H12N2O2/c1-2-4-3-5(6(9)10)8-7-4/h4-5,7-8H,2-3H2,1H3,(H,9,10). The van der Waals surface area contributed by atoms with Crippen LogP contribution in [0.3, 0.4) is 0 Å². The summed E-state index contributed by atoms with van der Waals surface area (Å²) in [5, 5.41) is 8.52. The second kappa shape index (κ2) is 2.98. The number of aliphatic carboxylic acids is 1. The molecule has 1 heterocycles. The second-order valence-corrected chi connectivity index (χ2v) is 2.52. The minimum atomic E-state index is -0.775. The first-order valence-corrected chi connectivity index (χ1v) is 3.48. The van der Waals surface area contributed by atoms with E-state index in [0.717, 1.165) is 6.42 Å². The molecule has 2 unspecified atom stereocenters. The lowest BCUT2D eigenvalue weighted by Gasteiger charge is -2.01. The zero-order valence-corrected chi connectivity index (χ0v) is 5.92. The predicted molar refractivity (Wildman–Crippen MR) is 36.4 cm³/mol. The first-order valence-electron chi connectivity index (χ1n) is 3.48. The molecule has 0 aromatic rings. The van der Waals surface area contributed by atoms with Crippen molar-refractivity contribution in [3.8, 4) is 0 Å². The molecule has 58 valence electrons. The van der Waals surface area contributed by atoms with Gasteiger partial charge in [0.1, 0.15) is 6.04 Å². The van der Waals surface area contributed by atoms with Crippen molar-refractivity contribution in [3.05, 3.63) is 0 Å². The van der Waals surface area contributed by atoms with Gasteiger partial charge in [-0.25, -0.2) is 5.43 Å². The van der Waals surface area contributed by atoms with E-state index in [1.807, 2.05) is 6.92 Å². The Morgan fingerprint density at radius 1 is 1.70 bits per heavy atom. The molecule has 0 saturated carbocycles. The van der Waals surface area contributed by atoms with Crippen molar-refractivity contribution in [3.63, 3.8) is 0 Å². The lowest BCUT2D eigenvalue weighted by molar-refractivity contribution is -0.139. The van der Waals surface area contributed by atoms with Crippen molar-refractivity contribution in [2.75, 3.05) is 0 Å². The fraction of sp³-hybridized carbons (Fsp3) is 0.833. The fourth-order valence-corrected chi connectivity index (χ4v) is 1.05. The van der Waals surface area contributed by atoms with Crippen molar-refractivity contribution in [2.24, 2.45) is 0 Å². The van der Waals surface area contributed by atoms with E-state index in [2.05, 4.69) is 10.9 Å². The Balaban J connectivity index is 2.35. The molecule has 1 aliphatic heterocycles. The molecule has 1 fully saturated rings. The number of hydrazine groups is 1. The summed E-state index contributed by atoms with van der Waals surface area (Å²) in [4.78, 5) is 10.4. The van der Waals surface area contributed by atoms with Gasteiger partial charge in [0.25, 0.3) is 0 Å². The number of carbonyl (C=O) groups is 1. The SMILES string of the molecule is CCC1CC(C(=O)O)NN1. The van der Waals surface area contributed by atoms with E-state index in [9.17, 15) is 4.79 Å². The summed E-state index contributed by atoms with van der Waals surface area (Å²) < 4.78 is 0. The van der Waals surface area contributed by atoms with Gasteiger partial charge in [-0.1, -0.05) is 6.92 Å². The van der Waals surface area contributed by atoms with Crippen LogP contribution in [0.1, 0.15) is 19.8 Å². The summed E-state index contributed by atoms with van der Waals surface area (Å²) in [6.07, 6.45) is 1.66. The minimum absolute atomic E-state index is 0.320. The number of carboxylic acid groups (broad SMARTS) is 1. The molecular weight excluding hydrogens is 132 g/mol. The van der Waals surface area contributed by atoms with Gasteiger partial charge in [-0.05, 0) is 12.8 Å². The van der Waals surface area contributed by atoms with Crippen LogP contribution in [0, 0.1) is 0 Å². The van der Waals surface area contributed by atoms with Gasteiger partial charge in [0.15, 0.2) is 0 Å². The third-order valence-corrected chi connectivity index (χ3v) is 1.77. The van der Waals surface area contributed by atoms with Gasteiger partial charge in [0.05, 0.1) is 0 Å². The summed E-state index contributed by atoms with van der Waals surface area (Å²) in [6.45, 7) is 2.03. The Bertz CT molecular complexity index is 138. The highest BCUT2D eigenvalue weighted by molar-refractivity contribution is 5.73. The molecule has 0 bridgehead atoms. The minimum Gasteiger partial charge on any atom is -0.480 e. The van der Waals surface area contributed by atoms with Gasteiger partial charge >= 0.3 is 5.97 Å². The number of nitrogens with one attached hydrogen (secondary N) is 2. The first kappa shape index (κ1) is 7.50. The van der Waals surface area contributed by atoms with Gasteiger partial charge in [0, 0.05) is 6.04 Å². The summed E-state index contributed by atoms with van der Waals surface area (Å²) in [5.74, 6) is -0.775. The molecule has 0 aliphatic carbocycles. The van der Waals surface area contributed by atoms with Gasteiger partial charge in [-0.2, -0.15) is 0 Å². The van der Waals surface area contributed by atoms with Crippen LogP contribution in [0.25, 0.3) is 0 Å². The van der Waals surface area contributed by atoms with Crippen LogP contribution in [0.5, 0.6) is 0 Å². The lowest BCUT2D eigenvalue weighted by atomic mass is 10.1. The van der Waals surface area contributed by atoms with Crippen molar-refractivity contribution in [1.29, 1.82) is 0 Å². The third kappa shape index (κ3) is 1.46. The van der Waals surface area contributed by atoms with Crippen LogP contribution < -0.4 is 10.9 Å². The van der Waals surface area contributed by atoms with Crippen molar-refractivity contribution < 1.29 is 9.90 Å². The highest BCUT2D eigenvalue weighted by Crippen LogP contribution is 2.07. The van der Waals surface area contributed by atoms with Crippen LogP contribution in [-0.2, 0) is 4.79 Å². The molecular formula is C6H12N2O2. The number of carboxylic acids is 1. The molecule has 1 rings (SSSR count). The van der Waals surface area contributed by atoms with Gasteiger partial charge in [-0.15, -0.1) is 0 Å². The highest BCUT2D eigenvalue weighted by Gasteiger charge is 2.27. The Hall–Kier alpha value is -0.610. The molecule has 0 spiro atoms. The Morgan fingerprint density at radius 3 is 2.70 bits per heavy atom. The van der Waals surface area contributed by atoms with E-state index in [1.165, 1.54) is 0 Å². The topological polar surface area (TPSA) is 61.4 Å². The molecule has 0 aromatic carbocycles. The normalized spacial score (nSPS) is 32.5. The molecule has 1 aliphatic rings.